The monoisotopic (exact) mass is 361 g/mol. The van der Waals surface area contributed by atoms with Crippen LogP contribution in [0.25, 0.3) is 0 Å². The van der Waals surface area contributed by atoms with Crippen LogP contribution in [0, 0.1) is 0 Å². The van der Waals surface area contributed by atoms with Crippen LogP contribution in [0.2, 0.25) is 0 Å². The van der Waals surface area contributed by atoms with Gasteiger partial charge in [-0.25, -0.2) is 4.79 Å². The number of nitrogens with one attached hydrogen (secondary N) is 1. The second kappa shape index (κ2) is 8.98. The zero-order valence-electron chi connectivity index (χ0n) is 14.9. The minimum atomic E-state index is -0.895. The Morgan fingerprint density at radius 1 is 1.27 bits per heavy atom. The smallest absolute Gasteiger partial charge is 0.324 e. The van der Waals surface area contributed by atoms with Gasteiger partial charge in [0.1, 0.15) is 0 Å². The zero-order valence-corrected chi connectivity index (χ0v) is 14.9. The SMILES string of the molecule is C[C@H](OC(=O)CCCN1C(=O)CNC1=O)C(=O)N(C)Cc1ccccc1. The summed E-state index contributed by atoms with van der Waals surface area (Å²) in [7, 11) is 1.65. The summed E-state index contributed by atoms with van der Waals surface area (Å²) in [6, 6.07) is 9.06. The summed E-state index contributed by atoms with van der Waals surface area (Å²) in [6.45, 7) is 2.09. The van der Waals surface area contributed by atoms with Crippen LogP contribution < -0.4 is 5.32 Å². The van der Waals surface area contributed by atoms with Gasteiger partial charge in [-0.15, -0.1) is 0 Å². The zero-order chi connectivity index (χ0) is 19.1. The molecule has 1 atom stereocenters. The fourth-order valence-electron chi connectivity index (χ4n) is 2.62. The van der Waals surface area contributed by atoms with Crippen LogP contribution in [-0.2, 0) is 25.7 Å². The van der Waals surface area contributed by atoms with Crippen molar-refractivity contribution in [2.75, 3.05) is 20.1 Å². The molecule has 2 rings (SSSR count). The van der Waals surface area contributed by atoms with Crippen molar-refractivity contribution in [1.29, 1.82) is 0 Å². The molecule has 0 saturated carbocycles. The standard InChI is InChI=1S/C18H23N3O5/c1-13(17(24)20(2)12-14-7-4-3-5-8-14)26-16(23)9-6-10-21-15(22)11-19-18(21)25/h3-5,7-8,13H,6,9-12H2,1-2H3,(H,19,25)/t13-/m0/s1. The molecule has 0 aliphatic carbocycles. The highest BCUT2D eigenvalue weighted by Crippen LogP contribution is 2.08. The number of ether oxygens (including phenoxy) is 1. The predicted molar refractivity (Wildman–Crippen MR) is 92.8 cm³/mol. The lowest BCUT2D eigenvalue weighted by molar-refractivity contribution is -0.158. The number of esters is 1. The van der Waals surface area contributed by atoms with Crippen molar-refractivity contribution in [3.8, 4) is 0 Å². The van der Waals surface area contributed by atoms with Crippen molar-refractivity contribution in [2.45, 2.75) is 32.4 Å². The molecule has 8 nitrogen and oxygen atoms in total. The van der Waals surface area contributed by atoms with Crippen LogP contribution in [0.15, 0.2) is 30.3 Å². The van der Waals surface area contributed by atoms with Crippen LogP contribution in [0.3, 0.4) is 0 Å². The largest absolute Gasteiger partial charge is 0.453 e. The van der Waals surface area contributed by atoms with Gasteiger partial charge in [-0.2, -0.15) is 0 Å². The summed E-state index contributed by atoms with van der Waals surface area (Å²) >= 11 is 0. The molecule has 0 unspecified atom stereocenters. The van der Waals surface area contributed by atoms with Crippen molar-refractivity contribution < 1.29 is 23.9 Å². The molecule has 0 bridgehead atoms. The molecule has 1 heterocycles. The minimum Gasteiger partial charge on any atom is -0.453 e. The normalized spacial score (nSPS) is 14.8. The maximum Gasteiger partial charge on any atom is 0.324 e. The summed E-state index contributed by atoms with van der Waals surface area (Å²) in [5, 5.41) is 2.41. The highest BCUT2D eigenvalue weighted by atomic mass is 16.5. The molecular weight excluding hydrogens is 338 g/mol. The predicted octanol–water partition coefficient (Wildman–Crippen LogP) is 0.909. The first-order chi connectivity index (χ1) is 12.4. The van der Waals surface area contributed by atoms with Crippen molar-refractivity contribution in [1.82, 2.24) is 15.1 Å². The summed E-state index contributed by atoms with van der Waals surface area (Å²) in [5.41, 5.74) is 0.982. The summed E-state index contributed by atoms with van der Waals surface area (Å²) in [6.07, 6.45) is -0.580. The van der Waals surface area contributed by atoms with E-state index in [1.165, 1.54) is 11.8 Å². The number of carbonyl (C=O) groups is 4. The number of benzene rings is 1. The molecule has 0 spiro atoms. The number of hydrogen-bond acceptors (Lipinski definition) is 5. The van der Waals surface area contributed by atoms with E-state index in [1.54, 1.807) is 7.05 Å². The minimum absolute atomic E-state index is 0.0113. The maximum absolute atomic E-state index is 12.3. The summed E-state index contributed by atoms with van der Waals surface area (Å²) in [4.78, 5) is 49.5. The van der Waals surface area contributed by atoms with E-state index < -0.39 is 18.1 Å². The average molecular weight is 361 g/mol. The van der Waals surface area contributed by atoms with E-state index in [0.717, 1.165) is 10.5 Å². The Balaban J connectivity index is 1.72. The second-order valence-electron chi connectivity index (χ2n) is 6.12. The van der Waals surface area contributed by atoms with E-state index in [0.29, 0.717) is 13.0 Å². The van der Waals surface area contributed by atoms with Crippen LogP contribution in [-0.4, -0.2) is 59.9 Å². The number of hydrogen-bond donors (Lipinski definition) is 1. The third-order valence-corrected chi connectivity index (χ3v) is 3.99. The van der Waals surface area contributed by atoms with Gasteiger partial charge < -0.3 is 15.0 Å². The lowest BCUT2D eigenvalue weighted by Crippen LogP contribution is -2.37. The quantitative estimate of drug-likeness (QED) is 0.548. The molecule has 26 heavy (non-hydrogen) atoms. The molecule has 140 valence electrons. The van der Waals surface area contributed by atoms with Gasteiger partial charge in [0.2, 0.25) is 5.91 Å². The first-order valence-corrected chi connectivity index (χ1v) is 8.45. The Kier molecular flexibility index (Phi) is 6.71. The molecule has 1 aliphatic rings. The van der Waals surface area contributed by atoms with Gasteiger partial charge in [0, 0.05) is 26.6 Å². The van der Waals surface area contributed by atoms with Crippen molar-refractivity contribution >= 4 is 23.8 Å². The molecule has 1 aromatic carbocycles. The van der Waals surface area contributed by atoms with Crippen LogP contribution in [0.4, 0.5) is 4.79 Å². The van der Waals surface area contributed by atoms with Crippen molar-refractivity contribution in [3.63, 3.8) is 0 Å². The first-order valence-electron chi connectivity index (χ1n) is 8.45. The molecule has 0 aromatic heterocycles. The molecule has 8 heteroatoms. The van der Waals surface area contributed by atoms with Gasteiger partial charge in [0.15, 0.2) is 6.10 Å². The average Bonchev–Trinajstić information content (AvgIpc) is 2.93. The first kappa shape index (κ1) is 19.4. The van der Waals surface area contributed by atoms with Gasteiger partial charge in [-0.3, -0.25) is 19.3 Å². The van der Waals surface area contributed by atoms with Gasteiger partial charge >= 0.3 is 12.0 Å². The van der Waals surface area contributed by atoms with Gasteiger partial charge in [-0.05, 0) is 18.9 Å². The Hall–Kier alpha value is -2.90. The molecule has 1 fully saturated rings. The molecule has 4 amide bonds. The lowest BCUT2D eigenvalue weighted by Gasteiger charge is -2.21. The fourth-order valence-corrected chi connectivity index (χ4v) is 2.62. The summed E-state index contributed by atoms with van der Waals surface area (Å²) < 4.78 is 5.16. The third kappa shape index (κ3) is 5.30. The Morgan fingerprint density at radius 2 is 1.96 bits per heavy atom. The molecule has 1 saturated heterocycles. The van der Waals surface area contributed by atoms with E-state index in [1.807, 2.05) is 30.3 Å². The van der Waals surface area contributed by atoms with Crippen molar-refractivity contribution in [2.24, 2.45) is 0 Å². The number of rotatable bonds is 8. The lowest BCUT2D eigenvalue weighted by atomic mass is 10.2. The highest BCUT2D eigenvalue weighted by molar-refractivity contribution is 6.01. The molecule has 1 aliphatic heterocycles. The number of amides is 4. The highest BCUT2D eigenvalue weighted by Gasteiger charge is 2.28. The molecule has 1 aromatic rings. The van der Waals surface area contributed by atoms with E-state index in [4.69, 9.17) is 4.74 Å². The van der Waals surface area contributed by atoms with Crippen LogP contribution in [0.1, 0.15) is 25.3 Å². The number of urea groups is 1. The molecule has 1 N–H and O–H groups in total. The Bertz CT molecular complexity index is 661. The van der Waals surface area contributed by atoms with Gasteiger partial charge in [-0.1, -0.05) is 30.3 Å². The van der Waals surface area contributed by atoms with E-state index >= 15 is 0 Å². The second-order valence-corrected chi connectivity index (χ2v) is 6.12. The topological polar surface area (TPSA) is 96.0 Å². The van der Waals surface area contributed by atoms with Crippen LogP contribution in [0.5, 0.6) is 0 Å². The molecule has 0 radical (unpaired) electrons. The third-order valence-electron chi connectivity index (χ3n) is 3.99. The van der Waals surface area contributed by atoms with Gasteiger partial charge in [0.05, 0.1) is 6.54 Å². The number of nitrogens with zero attached hydrogens (tertiary/aromatic N) is 2. The van der Waals surface area contributed by atoms with Crippen molar-refractivity contribution in [3.05, 3.63) is 35.9 Å². The maximum atomic E-state index is 12.3. The molecular formula is C18H23N3O5. The number of imide groups is 1. The van der Waals surface area contributed by atoms with Gasteiger partial charge in [0.25, 0.3) is 5.91 Å². The van der Waals surface area contributed by atoms with Crippen LogP contribution >= 0.6 is 0 Å². The summed E-state index contributed by atoms with van der Waals surface area (Å²) in [5.74, 6) is -1.14. The Morgan fingerprint density at radius 3 is 2.58 bits per heavy atom. The Labute approximate surface area is 152 Å². The number of likely N-dealkylation sites (N-methyl/N-ethyl adjacent to an activating group) is 1. The number of carbonyl (C=O) groups excluding carboxylic acids is 4. The van der Waals surface area contributed by atoms with E-state index in [-0.39, 0.29) is 31.3 Å². The van der Waals surface area contributed by atoms with E-state index in [2.05, 4.69) is 5.32 Å². The van der Waals surface area contributed by atoms with E-state index in [9.17, 15) is 19.2 Å². The fraction of sp³-hybridized carbons (Fsp3) is 0.444.